The van der Waals surface area contributed by atoms with Gasteiger partial charge in [-0.15, -0.1) is 5.10 Å². The first-order valence-corrected chi connectivity index (χ1v) is 12.1. The molecule has 0 unspecified atom stereocenters. The molecular formula is C21H24F2N8O3S. The molecule has 186 valence electrons. The van der Waals surface area contributed by atoms with E-state index in [9.17, 15) is 22.0 Å². The first-order chi connectivity index (χ1) is 16.6. The van der Waals surface area contributed by atoms with E-state index in [0.717, 1.165) is 16.4 Å². The Morgan fingerprint density at radius 1 is 1.03 bits per heavy atom. The highest BCUT2D eigenvalue weighted by Gasteiger charge is 2.23. The molecule has 2 aromatic carbocycles. The zero-order valence-electron chi connectivity index (χ0n) is 19.1. The van der Waals surface area contributed by atoms with Crippen molar-refractivity contribution in [2.45, 2.75) is 11.4 Å². The van der Waals surface area contributed by atoms with Gasteiger partial charge in [0.05, 0.1) is 17.1 Å². The predicted molar refractivity (Wildman–Crippen MR) is 122 cm³/mol. The second-order valence-corrected chi connectivity index (χ2v) is 10.3. The maximum absolute atomic E-state index is 13.6. The van der Waals surface area contributed by atoms with Crippen molar-refractivity contribution in [2.24, 2.45) is 0 Å². The third kappa shape index (κ3) is 5.44. The number of carbonyl (C=O) groups excluding carboxylic acids is 1. The van der Waals surface area contributed by atoms with Gasteiger partial charge in [0.25, 0.3) is 0 Å². The molecular weight excluding hydrogens is 482 g/mol. The number of urea groups is 1. The first kappa shape index (κ1) is 24.6. The molecule has 1 saturated heterocycles. The second-order valence-electron chi connectivity index (χ2n) is 8.11. The summed E-state index contributed by atoms with van der Waals surface area (Å²) >= 11 is 0. The summed E-state index contributed by atoms with van der Waals surface area (Å²) in [5.74, 6) is -1.48. The SMILES string of the molecule is CN(C)S(=O)(=O)c1ccc(NC(=O)N2CCN(Cc3nnnn3-c3ccc(F)c(F)c3)CC2)cc1. The van der Waals surface area contributed by atoms with Gasteiger partial charge in [-0.2, -0.15) is 4.68 Å². The highest BCUT2D eigenvalue weighted by molar-refractivity contribution is 7.89. The molecule has 1 aliphatic rings. The fourth-order valence-electron chi connectivity index (χ4n) is 3.55. The van der Waals surface area contributed by atoms with Gasteiger partial charge >= 0.3 is 6.03 Å². The van der Waals surface area contributed by atoms with E-state index < -0.39 is 21.7 Å². The van der Waals surface area contributed by atoms with E-state index in [-0.39, 0.29) is 10.9 Å². The molecule has 11 nitrogen and oxygen atoms in total. The zero-order chi connectivity index (χ0) is 25.2. The molecule has 0 aliphatic carbocycles. The maximum Gasteiger partial charge on any atom is 0.321 e. The summed E-state index contributed by atoms with van der Waals surface area (Å²) in [6.07, 6.45) is 0. The van der Waals surface area contributed by atoms with Gasteiger partial charge < -0.3 is 10.2 Å². The maximum atomic E-state index is 13.6. The summed E-state index contributed by atoms with van der Waals surface area (Å²) in [4.78, 5) is 16.5. The lowest BCUT2D eigenvalue weighted by atomic mass is 10.3. The number of benzene rings is 2. The Bertz CT molecular complexity index is 1310. The molecule has 2 heterocycles. The Hall–Kier alpha value is -3.49. The Morgan fingerprint density at radius 2 is 1.71 bits per heavy atom. The summed E-state index contributed by atoms with van der Waals surface area (Å²) in [5, 5.41) is 14.3. The van der Waals surface area contributed by atoms with Crippen LogP contribution in [0.4, 0.5) is 19.3 Å². The summed E-state index contributed by atoms with van der Waals surface area (Å²) in [5.41, 5.74) is 0.798. The number of nitrogens with zero attached hydrogens (tertiary/aromatic N) is 7. The van der Waals surface area contributed by atoms with Crippen molar-refractivity contribution >= 4 is 21.7 Å². The minimum atomic E-state index is -3.54. The number of piperazine rings is 1. The number of hydrogen-bond acceptors (Lipinski definition) is 7. The number of aromatic nitrogens is 4. The Balaban J connectivity index is 1.32. The van der Waals surface area contributed by atoms with Crippen LogP contribution in [-0.4, -0.2) is 89.0 Å². The van der Waals surface area contributed by atoms with Gasteiger partial charge in [-0.1, -0.05) is 0 Å². The van der Waals surface area contributed by atoms with Gasteiger partial charge in [-0.25, -0.2) is 26.3 Å². The van der Waals surface area contributed by atoms with Crippen molar-refractivity contribution in [2.75, 3.05) is 45.6 Å². The predicted octanol–water partition coefficient (Wildman–Crippen LogP) is 1.54. The van der Waals surface area contributed by atoms with Crippen LogP contribution in [0.1, 0.15) is 5.82 Å². The van der Waals surface area contributed by atoms with Gasteiger partial charge in [0, 0.05) is 52.0 Å². The minimum absolute atomic E-state index is 0.139. The zero-order valence-corrected chi connectivity index (χ0v) is 19.9. The third-order valence-corrected chi connectivity index (χ3v) is 7.42. The van der Waals surface area contributed by atoms with Gasteiger partial charge in [0.15, 0.2) is 17.5 Å². The van der Waals surface area contributed by atoms with E-state index in [4.69, 9.17) is 0 Å². The molecule has 0 radical (unpaired) electrons. The molecule has 1 N–H and O–H groups in total. The van der Waals surface area contributed by atoms with Crippen molar-refractivity contribution in [1.29, 1.82) is 0 Å². The Morgan fingerprint density at radius 3 is 2.34 bits per heavy atom. The molecule has 35 heavy (non-hydrogen) atoms. The largest absolute Gasteiger partial charge is 0.322 e. The number of rotatable bonds is 6. The second kappa shape index (κ2) is 10.0. The molecule has 0 atom stereocenters. The van der Waals surface area contributed by atoms with E-state index in [1.165, 1.54) is 37.0 Å². The average molecular weight is 507 g/mol. The average Bonchev–Trinajstić information content (AvgIpc) is 3.29. The quantitative estimate of drug-likeness (QED) is 0.539. The molecule has 3 aromatic rings. The molecule has 1 aliphatic heterocycles. The fourth-order valence-corrected chi connectivity index (χ4v) is 4.46. The minimum Gasteiger partial charge on any atom is -0.322 e. The molecule has 1 aromatic heterocycles. The smallest absolute Gasteiger partial charge is 0.321 e. The molecule has 0 saturated carbocycles. The summed E-state index contributed by atoms with van der Waals surface area (Å²) in [6, 6.07) is 9.12. The molecule has 4 rings (SSSR count). The standard InChI is InChI=1S/C21H24F2N8O3S/c1-28(2)35(33,34)17-6-3-15(4-7-17)24-21(32)30-11-9-29(10-12-30)14-20-25-26-27-31(20)16-5-8-18(22)19(23)13-16/h3-8,13H,9-12,14H2,1-2H3,(H,24,32). The number of anilines is 1. The van der Waals surface area contributed by atoms with Gasteiger partial charge in [0.1, 0.15) is 0 Å². The number of nitrogens with one attached hydrogen (secondary N) is 1. The lowest BCUT2D eigenvalue weighted by molar-refractivity contribution is 0.140. The van der Waals surface area contributed by atoms with Gasteiger partial charge in [-0.05, 0) is 46.8 Å². The summed E-state index contributed by atoms with van der Waals surface area (Å²) in [6.45, 7) is 2.37. The fraction of sp³-hybridized carbons (Fsp3) is 0.333. The van der Waals surface area contributed by atoms with Crippen LogP contribution in [0.2, 0.25) is 0 Å². The summed E-state index contributed by atoms with van der Waals surface area (Å²) < 4.78 is 53.6. The van der Waals surface area contributed by atoms with Crippen molar-refractivity contribution in [3.8, 4) is 5.69 Å². The van der Waals surface area contributed by atoms with E-state index in [1.807, 2.05) is 4.90 Å². The molecule has 0 bridgehead atoms. The number of amides is 2. The van der Waals surface area contributed by atoms with Crippen LogP contribution in [0, 0.1) is 11.6 Å². The number of halogens is 2. The van der Waals surface area contributed by atoms with Gasteiger partial charge in [-0.3, -0.25) is 4.90 Å². The highest BCUT2D eigenvalue weighted by atomic mass is 32.2. The topological polar surface area (TPSA) is 117 Å². The van der Waals surface area contributed by atoms with Crippen LogP contribution in [-0.2, 0) is 16.6 Å². The summed E-state index contributed by atoms with van der Waals surface area (Å²) in [7, 11) is -0.638. The van der Waals surface area contributed by atoms with Crippen LogP contribution in [0.25, 0.3) is 5.69 Å². The van der Waals surface area contributed by atoms with Crippen molar-refractivity contribution in [3.05, 3.63) is 59.9 Å². The third-order valence-electron chi connectivity index (χ3n) is 5.59. The highest BCUT2D eigenvalue weighted by Crippen LogP contribution is 2.18. The molecule has 14 heteroatoms. The molecule has 1 fully saturated rings. The monoisotopic (exact) mass is 506 g/mol. The van der Waals surface area contributed by atoms with Crippen LogP contribution in [0.15, 0.2) is 47.4 Å². The normalized spacial score (nSPS) is 14.9. The van der Waals surface area contributed by atoms with Crippen LogP contribution >= 0.6 is 0 Å². The number of sulfonamides is 1. The van der Waals surface area contributed by atoms with E-state index in [0.29, 0.717) is 49.9 Å². The van der Waals surface area contributed by atoms with E-state index in [1.54, 1.807) is 17.0 Å². The number of hydrogen-bond donors (Lipinski definition) is 1. The van der Waals surface area contributed by atoms with E-state index >= 15 is 0 Å². The van der Waals surface area contributed by atoms with Crippen LogP contribution < -0.4 is 5.32 Å². The lowest BCUT2D eigenvalue weighted by Crippen LogP contribution is -2.49. The first-order valence-electron chi connectivity index (χ1n) is 10.7. The molecule has 2 amide bonds. The Kier molecular flexibility index (Phi) is 7.05. The number of tetrazole rings is 1. The van der Waals surface area contributed by atoms with Crippen molar-refractivity contribution in [1.82, 2.24) is 34.3 Å². The Labute approximate surface area is 201 Å². The van der Waals surface area contributed by atoms with Crippen molar-refractivity contribution < 1.29 is 22.0 Å². The van der Waals surface area contributed by atoms with Crippen LogP contribution in [0.3, 0.4) is 0 Å². The van der Waals surface area contributed by atoms with Crippen LogP contribution in [0.5, 0.6) is 0 Å². The van der Waals surface area contributed by atoms with Crippen molar-refractivity contribution in [3.63, 3.8) is 0 Å². The lowest BCUT2D eigenvalue weighted by Gasteiger charge is -2.34. The molecule has 0 spiro atoms. The van der Waals surface area contributed by atoms with E-state index in [2.05, 4.69) is 20.8 Å². The van der Waals surface area contributed by atoms with Gasteiger partial charge in [0.2, 0.25) is 10.0 Å². The number of carbonyl (C=O) groups is 1.